The Bertz CT molecular complexity index is 820. The highest BCUT2D eigenvalue weighted by Crippen LogP contribution is 2.62. The maximum Gasteiger partial charge on any atom is 0.232 e. The average Bonchev–Trinajstić information content (AvgIpc) is 2.71. The maximum absolute atomic E-state index is 12.9. The topological polar surface area (TPSA) is 66.4 Å². The normalized spacial score (nSPS) is 35.5. The van der Waals surface area contributed by atoms with Crippen LogP contribution in [0.1, 0.15) is 80.1 Å². The minimum absolute atomic E-state index is 0.0216. The molecule has 0 unspecified atom stereocenters. The number of allylic oxidation sites excluding steroid dienone is 4. The Kier molecular flexibility index (Phi) is 6.36. The van der Waals surface area contributed by atoms with E-state index < -0.39 is 11.6 Å². The first-order valence-electron chi connectivity index (χ1n) is 11.7. The zero-order valence-corrected chi connectivity index (χ0v) is 19.6. The summed E-state index contributed by atoms with van der Waals surface area (Å²) in [7, 11) is 0. The molecule has 0 bridgehead atoms. The van der Waals surface area contributed by atoms with E-state index in [9.17, 15) is 14.7 Å². The van der Waals surface area contributed by atoms with Crippen LogP contribution in [-0.4, -0.2) is 23.2 Å². The van der Waals surface area contributed by atoms with Gasteiger partial charge < -0.3 is 10.4 Å². The molecule has 0 spiro atoms. The fourth-order valence-electron chi connectivity index (χ4n) is 6.00. The van der Waals surface area contributed by atoms with Gasteiger partial charge in [-0.1, -0.05) is 52.7 Å². The van der Waals surface area contributed by atoms with Crippen molar-refractivity contribution in [1.82, 2.24) is 5.32 Å². The lowest BCUT2D eigenvalue weighted by molar-refractivity contribution is -0.132. The summed E-state index contributed by atoms with van der Waals surface area (Å²) in [6.45, 7) is 14.1. The van der Waals surface area contributed by atoms with E-state index in [1.165, 1.54) is 11.6 Å². The minimum atomic E-state index is -0.537. The summed E-state index contributed by atoms with van der Waals surface area (Å²) in [5, 5.41) is 14.2. The van der Waals surface area contributed by atoms with E-state index in [0.717, 1.165) is 32.1 Å². The standard InChI is InChI=1S/C26H39NO3/c1-7-16(2)15-27-20-13-21(28)24(30)19(23(20)29)14-26(6)18(4)11-12-25(5)17(3)9-8-10-22(25)26/h9,13,16,18,22,27,29H,7-8,10-12,14-15H2,1-6H3/t16-,18-,22+,25+,26+/m0/s1. The monoisotopic (exact) mass is 413 g/mol. The van der Waals surface area contributed by atoms with E-state index in [2.05, 4.69) is 52.9 Å². The molecule has 0 saturated heterocycles. The number of hydrogen-bond acceptors (Lipinski definition) is 4. The third kappa shape index (κ3) is 3.78. The first-order valence-corrected chi connectivity index (χ1v) is 11.7. The fourth-order valence-corrected chi connectivity index (χ4v) is 6.00. The van der Waals surface area contributed by atoms with Gasteiger partial charge in [-0.2, -0.15) is 0 Å². The smallest absolute Gasteiger partial charge is 0.232 e. The average molecular weight is 414 g/mol. The molecule has 2 N–H and O–H groups in total. The predicted molar refractivity (Wildman–Crippen MR) is 121 cm³/mol. The summed E-state index contributed by atoms with van der Waals surface area (Å²) in [6.07, 6.45) is 9.53. The third-order valence-corrected chi connectivity index (χ3v) is 8.80. The molecule has 0 aromatic heterocycles. The van der Waals surface area contributed by atoms with E-state index in [1.807, 2.05) is 0 Å². The maximum atomic E-state index is 12.9. The largest absolute Gasteiger partial charge is 0.505 e. The van der Waals surface area contributed by atoms with Crippen molar-refractivity contribution in [3.8, 4) is 0 Å². The Hall–Kier alpha value is -1.84. The van der Waals surface area contributed by atoms with Crippen molar-refractivity contribution in [3.05, 3.63) is 34.8 Å². The SMILES string of the molecule is CC[C@H](C)CNC1=CC(=O)C(=O)C(C[C@]2(C)[C@@H](C)CC[C@]3(C)C(C)=CCC[C@@H]23)=C1O. The molecule has 5 atom stereocenters. The van der Waals surface area contributed by atoms with Crippen LogP contribution in [-0.2, 0) is 9.59 Å². The summed E-state index contributed by atoms with van der Waals surface area (Å²) in [4.78, 5) is 25.3. The number of rotatable bonds is 6. The molecule has 0 aromatic rings. The lowest BCUT2D eigenvalue weighted by Crippen LogP contribution is -2.50. The minimum Gasteiger partial charge on any atom is -0.505 e. The Morgan fingerprint density at radius 3 is 2.63 bits per heavy atom. The molecule has 3 aliphatic carbocycles. The van der Waals surface area contributed by atoms with Gasteiger partial charge in [0.05, 0.1) is 5.70 Å². The zero-order chi connectivity index (χ0) is 22.3. The van der Waals surface area contributed by atoms with Crippen LogP contribution < -0.4 is 5.32 Å². The summed E-state index contributed by atoms with van der Waals surface area (Å²) in [5.74, 6) is 0.195. The highest BCUT2D eigenvalue weighted by molar-refractivity contribution is 6.48. The van der Waals surface area contributed by atoms with Crippen molar-refractivity contribution in [2.24, 2.45) is 28.6 Å². The van der Waals surface area contributed by atoms with Crippen molar-refractivity contribution in [2.45, 2.75) is 80.1 Å². The van der Waals surface area contributed by atoms with Gasteiger partial charge in [0, 0.05) is 18.2 Å². The van der Waals surface area contributed by atoms with Crippen LogP contribution in [0.5, 0.6) is 0 Å². The number of Topliss-reactive ketones (excluding diaryl/α,β-unsaturated/α-hetero) is 1. The zero-order valence-electron chi connectivity index (χ0n) is 19.6. The highest BCUT2D eigenvalue weighted by Gasteiger charge is 2.54. The van der Waals surface area contributed by atoms with Gasteiger partial charge in [0.2, 0.25) is 11.6 Å². The van der Waals surface area contributed by atoms with E-state index in [0.29, 0.717) is 42.0 Å². The van der Waals surface area contributed by atoms with Crippen LogP contribution in [0.4, 0.5) is 0 Å². The fraction of sp³-hybridized carbons (Fsp3) is 0.692. The molecule has 4 nitrogen and oxygen atoms in total. The van der Waals surface area contributed by atoms with Crippen molar-refractivity contribution in [2.75, 3.05) is 6.54 Å². The molecular weight excluding hydrogens is 374 g/mol. The van der Waals surface area contributed by atoms with Crippen LogP contribution in [0.3, 0.4) is 0 Å². The number of hydrogen-bond donors (Lipinski definition) is 2. The Morgan fingerprint density at radius 1 is 1.27 bits per heavy atom. The molecule has 0 aromatic carbocycles. The number of aliphatic hydroxyl groups is 1. The molecule has 0 amide bonds. The molecular formula is C26H39NO3. The number of carbonyl (C=O) groups excluding carboxylic acids is 2. The third-order valence-electron chi connectivity index (χ3n) is 8.80. The van der Waals surface area contributed by atoms with Crippen molar-refractivity contribution in [3.63, 3.8) is 0 Å². The van der Waals surface area contributed by atoms with Crippen LogP contribution in [0.15, 0.2) is 34.8 Å². The van der Waals surface area contributed by atoms with E-state index in [1.54, 1.807) is 0 Å². The lowest BCUT2D eigenvalue weighted by atomic mass is 9.46. The molecule has 1 fully saturated rings. The number of fused-ring (bicyclic) bond motifs is 1. The Labute approximate surface area is 181 Å². The van der Waals surface area contributed by atoms with Gasteiger partial charge in [-0.05, 0) is 67.6 Å². The van der Waals surface area contributed by atoms with Crippen LogP contribution in [0.2, 0.25) is 0 Å². The molecule has 0 heterocycles. The van der Waals surface area contributed by atoms with E-state index in [4.69, 9.17) is 0 Å². The second-order valence-corrected chi connectivity index (χ2v) is 10.5. The van der Waals surface area contributed by atoms with Gasteiger partial charge in [0.25, 0.3) is 0 Å². The summed E-state index contributed by atoms with van der Waals surface area (Å²) < 4.78 is 0. The van der Waals surface area contributed by atoms with E-state index in [-0.39, 0.29) is 16.6 Å². The van der Waals surface area contributed by atoms with Crippen molar-refractivity contribution < 1.29 is 14.7 Å². The van der Waals surface area contributed by atoms with Gasteiger partial charge >= 0.3 is 0 Å². The van der Waals surface area contributed by atoms with Crippen LogP contribution in [0.25, 0.3) is 0 Å². The lowest BCUT2D eigenvalue weighted by Gasteiger charge is -2.58. The molecule has 4 heteroatoms. The molecule has 3 aliphatic rings. The van der Waals surface area contributed by atoms with Gasteiger partial charge in [0.15, 0.2) is 0 Å². The highest BCUT2D eigenvalue weighted by atomic mass is 16.3. The second kappa shape index (κ2) is 8.36. The van der Waals surface area contributed by atoms with E-state index >= 15 is 0 Å². The second-order valence-electron chi connectivity index (χ2n) is 10.5. The first-order chi connectivity index (χ1) is 14.0. The Balaban J connectivity index is 1.95. The summed E-state index contributed by atoms with van der Waals surface area (Å²) >= 11 is 0. The van der Waals surface area contributed by atoms with Crippen LogP contribution in [0, 0.1) is 28.6 Å². The summed E-state index contributed by atoms with van der Waals surface area (Å²) in [6, 6.07) is 0. The molecule has 3 rings (SSSR count). The number of carbonyl (C=O) groups is 2. The van der Waals surface area contributed by atoms with Gasteiger partial charge in [-0.25, -0.2) is 0 Å². The van der Waals surface area contributed by atoms with Gasteiger partial charge in [-0.15, -0.1) is 0 Å². The number of aliphatic hydroxyl groups excluding tert-OH is 1. The molecule has 30 heavy (non-hydrogen) atoms. The number of ketones is 2. The predicted octanol–water partition coefficient (Wildman–Crippen LogP) is 5.66. The molecule has 1 saturated carbocycles. The first kappa shape index (κ1) is 22.8. The molecule has 0 aliphatic heterocycles. The number of nitrogens with one attached hydrogen (secondary N) is 1. The van der Waals surface area contributed by atoms with Crippen molar-refractivity contribution in [1.29, 1.82) is 0 Å². The molecule has 166 valence electrons. The van der Waals surface area contributed by atoms with Crippen molar-refractivity contribution >= 4 is 11.6 Å². The Morgan fingerprint density at radius 2 is 1.97 bits per heavy atom. The molecule has 0 radical (unpaired) electrons. The van der Waals surface area contributed by atoms with Gasteiger partial charge in [-0.3, -0.25) is 9.59 Å². The summed E-state index contributed by atoms with van der Waals surface area (Å²) in [5.41, 5.74) is 2.16. The van der Waals surface area contributed by atoms with Crippen LogP contribution >= 0.6 is 0 Å². The van der Waals surface area contributed by atoms with Gasteiger partial charge in [0.1, 0.15) is 5.76 Å². The quantitative estimate of drug-likeness (QED) is 0.335.